The minimum atomic E-state index is -0.759. The Kier molecular flexibility index (Phi) is 4.38. The highest BCUT2D eigenvalue weighted by molar-refractivity contribution is 5.95. The normalized spacial score (nSPS) is 10.6. The molecule has 0 radical (unpaired) electrons. The molecule has 0 unspecified atom stereocenters. The highest BCUT2D eigenvalue weighted by Gasteiger charge is 2.24. The van der Waals surface area contributed by atoms with Gasteiger partial charge >= 0.3 is 5.97 Å². The van der Waals surface area contributed by atoms with Crippen LogP contribution in [0.2, 0.25) is 0 Å². The van der Waals surface area contributed by atoms with Crippen LogP contribution in [0.4, 0.5) is 4.39 Å². The number of esters is 1. The van der Waals surface area contributed by atoms with Crippen LogP contribution < -0.4 is 5.43 Å². The fraction of sp³-hybridized carbons (Fsp3) is 0.111. The van der Waals surface area contributed by atoms with Crippen molar-refractivity contribution in [2.24, 2.45) is 5.11 Å². The van der Waals surface area contributed by atoms with Gasteiger partial charge in [0.25, 0.3) is 0 Å². The number of fused-ring (bicyclic) bond motifs is 1. The first-order chi connectivity index (χ1) is 12.1. The second-order valence-electron chi connectivity index (χ2n) is 5.30. The number of carbonyl (C=O) groups excluding carboxylic acids is 1. The van der Waals surface area contributed by atoms with Crippen LogP contribution in [0.1, 0.15) is 16.1 Å². The molecule has 1 aromatic heterocycles. The van der Waals surface area contributed by atoms with E-state index in [1.54, 1.807) is 30.3 Å². The number of nitrogens with one attached hydrogen (secondary N) is 1. The molecule has 0 aliphatic carbocycles. The molecule has 25 heavy (non-hydrogen) atoms. The van der Waals surface area contributed by atoms with E-state index in [4.69, 9.17) is 10.3 Å². The maximum atomic E-state index is 13.8. The van der Waals surface area contributed by atoms with Gasteiger partial charge in [-0.3, -0.25) is 4.79 Å². The fourth-order valence-electron chi connectivity index (χ4n) is 2.79. The second kappa shape index (κ2) is 6.64. The highest BCUT2D eigenvalue weighted by Crippen LogP contribution is 2.24. The number of aromatic nitrogens is 1. The second-order valence-corrected chi connectivity index (χ2v) is 5.30. The predicted molar refractivity (Wildman–Crippen MR) is 89.7 cm³/mol. The van der Waals surface area contributed by atoms with Gasteiger partial charge in [0, 0.05) is 11.1 Å². The van der Waals surface area contributed by atoms with Crippen LogP contribution in [-0.4, -0.2) is 17.6 Å². The van der Waals surface area contributed by atoms with Crippen LogP contribution >= 0.6 is 0 Å². The lowest BCUT2D eigenvalue weighted by atomic mass is 10.1. The lowest BCUT2D eigenvalue weighted by Gasteiger charge is -2.18. The van der Waals surface area contributed by atoms with Crippen LogP contribution in [0.25, 0.3) is 16.6 Å². The van der Waals surface area contributed by atoms with E-state index in [0.717, 1.165) is 0 Å². The van der Waals surface area contributed by atoms with Gasteiger partial charge in [-0.2, -0.15) is 5.11 Å². The van der Waals surface area contributed by atoms with E-state index >= 15 is 0 Å². The number of ether oxygens (including phenoxy) is 1. The van der Waals surface area contributed by atoms with Crippen molar-refractivity contribution < 1.29 is 13.9 Å². The number of halogens is 1. The summed E-state index contributed by atoms with van der Waals surface area (Å²) in [6.45, 7) is -0.274. The molecule has 1 N–H and O–H groups in total. The SMILES string of the molecule is COC(=O)c1c(CN=N)c(=O)c2ccc(F)cc2n1-c1ccccc1. The molecule has 6 nitrogen and oxygen atoms in total. The largest absolute Gasteiger partial charge is 0.464 e. The van der Waals surface area contributed by atoms with E-state index in [1.165, 1.54) is 29.9 Å². The highest BCUT2D eigenvalue weighted by atomic mass is 19.1. The van der Waals surface area contributed by atoms with Crippen LogP contribution in [0.5, 0.6) is 0 Å². The molecule has 2 aromatic carbocycles. The van der Waals surface area contributed by atoms with Gasteiger partial charge in [0.2, 0.25) is 0 Å². The van der Waals surface area contributed by atoms with Gasteiger partial charge in [-0.1, -0.05) is 18.2 Å². The van der Waals surface area contributed by atoms with Crippen molar-refractivity contribution in [3.63, 3.8) is 0 Å². The molecule has 3 aromatic rings. The van der Waals surface area contributed by atoms with Crippen LogP contribution in [0, 0.1) is 11.3 Å². The lowest BCUT2D eigenvalue weighted by Crippen LogP contribution is -2.24. The third-order valence-electron chi connectivity index (χ3n) is 3.86. The van der Waals surface area contributed by atoms with Crippen molar-refractivity contribution in [2.45, 2.75) is 6.54 Å². The number of benzene rings is 2. The average Bonchev–Trinajstić information content (AvgIpc) is 2.63. The number of hydrogen-bond acceptors (Lipinski definition) is 5. The predicted octanol–water partition coefficient (Wildman–Crippen LogP) is 3.45. The summed E-state index contributed by atoms with van der Waals surface area (Å²) in [7, 11) is 1.19. The van der Waals surface area contributed by atoms with E-state index in [9.17, 15) is 14.0 Å². The number of methoxy groups -OCH3 is 1. The van der Waals surface area contributed by atoms with Crippen LogP contribution in [-0.2, 0) is 11.3 Å². The Bertz CT molecular complexity index is 1030. The van der Waals surface area contributed by atoms with E-state index < -0.39 is 17.2 Å². The summed E-state index contributed by atoms with van der Waals surface area (Å²) in [6.07, 6.45) is 0. The smallest absolute Gasteiger partial charge is 0.355 e. The first kappa shape index (κ1) is 16.5. The maximum absolute atomic E-state index is 13.8. The number of rotatable bonds is 4. The van der Waals surface area contributed by atoms with E-state index in [2.05, 4.69) is 5.11 Å². The van der Waals surface area contributed by atoms with Crippen LogP contribution in [0.15, 0.2) is 58.4 Å². The number of carbonyl (C=O) groups is 1. The van der Waals surface area contributed by atoms with E-state index in [0.29, 0.717) is 5.69 Å². The molecule has 0 atom stereocenters. The minimum Gasteiger partial charge on any atom is -0.464 e. The first-order valence-electron chi connectivity index (χ1n) is 7.42. The Morgan fingerprint density at radius 2 is 1.96 bits per heavy atom. The zero-order valence-electron chi connectivity index (χ0n) is 13.3. The Balaban J connectivity index is 2.58. The Morgan fingerprint density at radius 1 is 1.24 bits per heavy atom. The molecule has 0 bridgehead atoms. The molecule has 3 rings (SSSR count). The van der Waals surface area contributed by atoms with Crippen molar-refractivity contribution in [1.82, 2.24) is 4.57 Å². The Labute approximate surface area is 142 Å². The summed E-state index contributed by atoms with van der Waals surface area (Å²) in [5.74, 6) is -1.30. The zero-order chi connectivity index (χ0) is 18.0. The Hall–Kier alpha value is -3.35. The van der Waals surface area contributed by atoms with Crippen molar-refractivity contribution in [1.29, 1.82) is 5.53 Å². The van der Waals surface area contributed by atoms with E-state index in [1.807, 2.05) is 0 Å². The van der Waals surface area contributed by atoms with Gasteiger partial charge in [0.05, 0.1) is 24.7 Å². The third-order valence-corrected chi connectivity index (χ3v) is 3.86. The first-order valence-corrected chi connectivity index (χ1v) is 7.42. The van der Waals surface area contributed by atoms with Gasteiger partial charge in [-0.15, -0.1) is 0 Å². The Morgan fingerprint density at radius 3 is 2.60 bits per heavy atom. The number of hydrogen-bond donors (Lipinski definition) is 1. The number of nitrogens with zero attached hydrogens (tertiary/aromatic N) is 2. The molecule has 0 saturated carbocycles. The molecule has 0 aliphatic rings. The molecular weight excluding hydrogens is 325 g/mol. The summed E-state index contributed by atoms with van der Waals surface area (Å²) >= 11 is 0. The molecule has 1 heterocycles. The molecule has 0 fully saturated rings. The summed E-state index contributed by atoms with van der Waals surface area (Å²) < 4.78 is 20.1. The summed E-state index contributed by atoms with van der Waals surface area (Å²) in [6, 6.07) is 12.5. The van der Waals surface area contributed by atoms with Crippen molar-refractivity contribution >= 4 is 16.9 Å². The number of para-hydroxylation sites is 1. The van der Waals surface area contributed by atoms with Gasteiger partial charge in [-0.25, -0.2) is 14.7 Å². The van der Waals surface area contributed by atoms with Gasteiger partial charge in [0.1, 0.15) is 11.5 Å². The van der Waals surface area contributed by atoms with Crippen molar-refractivity contribution in [3.05, 3.63) is 75.8 Å². The van der Waals surface area contributed by atoms with Crippen molar-refractivity contribution in [2.75, 3.05) is 7.11 Å². The average molecular weight is 339 g/mol. The standard InChI is InChI=1S/C18H14FN3O3/c1-25-18(24)16-14(10-21-20)17(23)13-8-7-11(19)9-15(13)22(16)12-5-3-2-4-6-12/h2-9,20H,10H2,1H3. The van der Waals surface area contributed by atoms with Gasteiger partial charge < -0.3 is 9.30 Å². The molecular formula is C18H14FN3O3. The summed E-state index contributed by atoms with van der Waals surface area (Å²) in [5.41, 5.74) is 7.41. The molecule has 0 aliphatic heterocycles. The summed E-state index contributed by atoms with van der Waals surface area (Å²) in [5, 5.41) is 3.49. The fourth-order valence-corrected chi connectivity index (χ4v) is 2.79. The third kappa shape index (κ3) is 2.80. The molecule has 0 amide bonds. The molecule has 0 saturated heterocycles. The van der Waals surface area contributed by atoms with Gasteiger partial charge in [0.15, 0.2) is 5.43 Å². The number of pyridine rings is 1. The lowest BCUT2D eigenvalue weighted by molar-refractivity contribution is 0.0589. The molecule has 7 heteroatoms. The monoisotopic (exact) mass is 339 g/mol. The summed E-state index contributed by atoms with van der Waals surface area (Å²) in [4.78, 5) is 25.2. The quantitative estimate of drug-likeness (QED) is 0.583. The molecule has 0 spiro atoms. The van der Waals surface area contributed by atoms with Crippen LogP contribution in [0.3, 0.4) is 0 Å². The minimum absolute atomic E-state index is 0.0322. The topological polar surface area (TPSA) is 84.5 Å². The van der Waals surface area contributed by atoms with E-state index in [-0.39, 0.29) is 28.7 Å². The molecule has 126 valence electrons. The zero-order valence-corrected chi connectivity index (χ0v) is 13.3. The van der Waals surface area contributed by atoms with Crippen molar-refractivity contribution in [3.8, 4) is 5.69 Å². The van der Waals surface area contributed by atoms with Gasteiger partial charge in [-0.05, 0) is 30.3 Å². The maximum Gasteiger partial charge on any atom is 0.355 e.